The molecule has 5 heteroatoms. The molecule has 0 bridgehead atoms. The van der Waals surface area contributed by atoms with Gasteiger partial charge in [0.2, 0.25) is 0 Å². The zero-order valence-electron chi connectivity index (χ0n) is 10.7. The molecular formula is C11H22BO3P. The van der Waals surface area contributed by atoms with Crippen molar-refractivity contribution in [2.45, 2.75) is 32.5 Å². The van der Waals surface area contributed by atoms with Gasteiger partial charge in [0.25, 0.3) is 0 Å². The van der Waals surface area contributed by atoms with E-state index in [-0.39, 0.29) is 5.82 Å². The average molecular weight is 244 g/mol. The fraction of sp³-hybridized carbons (Fsp3) is 1.00. The van der Waals surface area contributed by atoms with Gasteiger partial charge < -0.3 is 9.05 Å². The molecule has 1 aliphatic rings. The molecule has 3 nitrogen and oxygen atoms in total. The number of hydrogen-bond donors (Lipinski definition) is 0. The lowest BCUT2D eigenvalue weighted by atomic mass is 9.78. The molecule has 1 fully saturated rings. The van der Waals surface area contributed by atoms with Crippen LogP contribution in [0.2, 0.25) is 5.82 Å². The van der Waals surface area contributed by atoms with Crippen LogP contribution in [-0.2, 0) is 13.6 Å². The molecule has 16 heavy (non-hydrogen) atoms. The van der Waals surface area contributed by atoms with Gasteiger partial charge in [-0.25, -0.2) is 0 Å². The molecule has 0 N–H and O–H groups in total. The first-order valence-corrected chi connectivity index (χ1v) is 7.62. The number of rotatable bonds is 5. The Labute approximate surface area is 100 Å². The van der Waals surface area contributed by atoms with Gasteiger partial charge in [-0.1, -0.05) is 26.1 Å². The van der Waals surface area contributed by atoms with Crippen molar-refractivity contribution in [3.63, 3.8) is 0 Å². The lowest BCUT2D eigenvalue weighted by Crippen LogP contribution is -2.11. The highest BCUT2D eigenvalue weighted by Crippen LogP contribution is 2.51. The Balaban J connectivity index is 2.48. The maximum absolute atomic E-state index is 11.9. The minimum Gasteiger partial charge on any atom is -0.312 e. The monoisotopic (exact) mass is 244 g/mol. The van der Waals surface area contributed by atoms with Crippen molar-refractivity contribution in [3.8, 4) is 0 Å². The predicted molar refractivity (Wildman–Crippen MR) is 67.0 cm³/mol. The second-order valence-corrected chi connectivity index (χ2v) is 7.27. The smallest absolute Gasteiger partial charge is 0.312 e. The molecule has 0 aromatic carbocycles. The zero-order valence-corrected chi connectivity index (χ0v) is 11.6. The molecule has 0 spiro atoms. The van der Waals surface area contributed by atoms with E-state index < -0.39 is 7.60 Å². The second-order valence-electron chi connectivity index (χ2n) is 4.87. The van der Waals surface area contributed by atoms with Gasteiger partial charge in [0.15, 0.2) is 0 Å². The van der Waals surface area contributed by atoms with Crippen molar-refractivity contribution in [1.29, 1.82) is 0 Å². The summed E-state index contributed by atoms with van der Waals surface area (Å²) in [5.74, 6) is 1.97. The van der Waals surface area contributed by atoms with Gasteiger partial charge in [-0.15, -0.1) is 0 Å². The SMILES string of the molecule is [B]C1CC(CCP(=O)(OC)OC)C(C)C1C. The summed E-state index contributed by atoms with van der Waals surface area (Å²) in [7, 11) is 6.07. The van der Waals surface area contributed by atoms with Crippen molar-refractivity contribution < 1.29 is 13.6 Å². The van der Waals surface area contributed by atoms with Gasteiger partial charge >= 0.3 is 7.60 Å². The summed E-state index contributed by atoms with van der Waals surface area (Å²) in [5, 5.41) is 0. The summed E-state index contributed by atoms with van der Waals surface area (Å²) >= 11 is 0. The first-order valence-electron chi connectivity index (χ1n) is 5.89. The first-order chi connectivity index (χ1) is 7.43. The Hall–Kier alpha value is 0.215. The van der Waals surface area contributed by atoms with Crippen molar-refractivity contribution in [1.82, 2.24) is 0 Å². The first kappa shape index (κ1) is 14.3. The van der Waals surface area contributed by atoms with Crippen LogP contribution in [-0.4, -0.2) is 28.2 Å². The standard InChI is InChI=1S/C11H22BO3P/c1-8-9(2)11(12)7-10(8)5-6-16(13,14-3)15-4/h8-11H,5-7H2,1-4H3. The van der Waals surface area contributed by atoms with Crippen LogP contribution >= 0.6 is 7.60 Å². The maximum Gasteiger partial charge on any atom is 0.330 e. The molecule has 92 valence electrons. The molecule has 1 rings (SSSR count). The third kappa shape index (κ3) is 3.12. The summed E-state index contributed by atoms with van der Waals surface area (Å²) in [6.45, 7) is 4.42. The van der Waals surface area contributed by atoms with E-state index in [0.717, 1.165) is 12.8 Å². The van der Waals surface area contributed by atoms with E-state index in [1.54, 1.807) is 0 Å². The Morgan fingerprint density at radius 2 is 1.81 bits per heavy atom. The Bertz CT molecular complexity index is 264. The second kappa shape index (κ2) is 5.70. The minimum atomic E-state index is -2.84. The normalized spacial score (nSPS) is 35.5. The Morgan fingerprint density at radius 3 is 2.19 bits per heavy atom. The van der Waals surface area contributed by atoms with Crippen molar-refractivity contribution in [2.24, 2.45) is 17.8 Å². The third-order valence-corrected chi connectivity index (χ3v) is 6.07. The van der Waals surface area contributed by atoms with Crippen molar-refractivity contribution in [3.05, 3.63) is 0 Å². The van der Waals surface area contributed by atoms with Crippen LogP contribution in [0.5, 0.6) is 0 Å². The fourth-order valence-corrected chi connectivity index (χ4v) is 3.72. The fourth-order valence-electron chi connectivity index (χ4n) is 2.56. The summed E-state index contributed by atoms with van der Waals surface area (Å²) in [5.41, 5.74) is 0. The summed E-state index contributed by atoms with van der Waals surface area (Å²) in [6, 6.07) is 0. The topological polar surface area (TPSA) is 35.5 Å². The van der Waals surface area contributed by atoms with E-state index in [0.29, 0.717) is 23.9 Å². The minimum absolute atomic E-state index is 0.282. The molecule has 1 aliphatic carbocycles. The van der Waals surface area contributed by atoms with Gasteiger partial charge in [0.1, 0.15) is 0 Å². The van der Waals surface area contributed by atoms with Gasteiger partial charge in [-0.05, 0) is 24.2 Å². The lowest BCUT2D eigenvalue weighted by molar-refractivity contribution is 0.268. The van der Waals surface area contributed by atoms with E-state index in [1.807, 2.05) is 0 Å². The summed E-state index contributed by atoms with van der Waals surface area (Å²) in [6.07, 6.45) is 2.39. The van der Waals surface area contributed by atoms with Crippen LogP contribution in [0.25, 0.3) is 0 Å². The van der Waals surface area contributed by atoms with E-state index in [4.69, 9.17) is 16.9 Å². The molecule has 4 unspecified atom stereocenters. The van der Waals surface area contributed by atoms with Crippen LogP contribution in [0, 0.1) is 17.8 Å². The quantitative estimate of drug-likeness (QED) is 0.550. The van der Waals surface area contributed by atoms with Gasteiger partial charge in [0, 0.05) is 14.2 Å². The molecule has 2 radical (unpaired) electrons. The molecule has 0 saturated heterocycles. The highest BCUT2D eigenvalue weighted by Gasteiger charge is 2.36. The molecule has 1 saturated carbocycles. The van der Waals surface area contributed by atoms with Crippen LogP contribution < -0.4 is 0 Å². The molecule has 4 atom stereocenters. The highest BCUT2D eigenvalue weighted by atomic mass is 31.2. The van der Waals surface area contributed by atoms with Crippen LogP contribution in [0.4, 0.5) is 0 Å². The largest absolute Gasteiger partial charge is 0.330 e. The van der Waals surface area contributed by atoms with Crippen molar-refractivity contribution in [2.75, 3.05) is 20.4 Å². The van der Waals surface area contributed by atoms with Crippen molar-refractivity contribution >= 4 is 15.4 Å². The zero-order chi connectivity index (χ0) is 12.3. The third-order valence-electron chi connectivity index (χ3n) is 4.15. The molecule has 0 aromatic rings. The van der Waals surface area contributed by atoms with Gasteiger partial charge in [-0.2, -0.15) is 0 Å². The molecule has 0 heterocycles. The van der Waals surface area contributed by atoms with Crippen LogP contribution in [0.15, 0.2) is 0 Å². The lowest BCUT2D eigenvalue weighted by Gasteiger charge is -2.20. The summed E-state index contributed by atoms with van der Waals surface area (Å²) < 4.78 is 21.8. The Morgan fingerprint density at radius 1 is 1.25 bits per heavy atom. The van der Waals surface area contributed by atoms with Gasteiger partial charge in [0.05, 0.1) is 14.0 Å². The van der Waals surface area contributed by atoms with Gasteiger partial charge in [-0.3, -0.25) is 4.57 Å². The van der Waals surface area contributed by atoms with Crippen LogP contribution in [0.3, 0.4) is 0 Å². The summed E-state index contributed by atoms with van der Waals surface area (Å²) in [4.78, 5) is 0. The van der Waals surface area contributed by atoms with E-state index in [1.165, 1.54) is 14.2 Å². The highest BCUT2D eigenvalue weighted by molar-refractivity contribution is 7.53. The molecule has 0 aromatic heterocycles. The average Bonchev–Trinajstić information content (AvgIpc) is 2.54. The Kier molecular flexibility index (Phi) is 5.09. The van der Waals surface area contributed by atoms with Crippen LogP contribution in [0.1, 0.15) is 26.7 Å². The number of hydrogen-bond acceptors (Lipinski definition) is 3. The molecule has 0 aliphatic heterocycles. The van der Waals surface area contributed by atoms with E-state index in [2.05, 4.69) is 13.8 Å². The molecular weight excluding hydrogens is 222 g/mol. The van der Waals surface area contributed by atoms with E-state index >= 15 is 0 Å². The van der Waals surface area contributed by atoms with E-state index in [9.17, 15) is 4.57 Å². The maximum atomic E-state index is 11.9. The molecule has 0 amide bonds. The predicted octanol–water partition coefficient (Wildman–Crippen LogP) is 3.11.